The summed E-state index contributed by atoms with van der Waals surface area (Å²) in [7, 11) is 0. The molecular formula is C16H17NO2. The van der Waals surface area contributed by atoms with Gasteiger partial charge in [0.15, 0.2) is 11.5 Å². The van der Waals surface area contributed by atoms with Crippen LogP contribution in [0.1, 0.15) is 24.1 Å². The summed E-state index contributed by atoms with van der Waals surface area (Å²) < 4.78 is 10.7. The van der Waals surface area contributed by atoms with E-state index >= 15 is 0 Å². The van der Waals surface area contributed by atoms with Gasteiger partial charge in [-0.05, 0) is 43.7 Å². The van der Waals surface area contributed by atoms with Gasteiger partial charge in [0.1, 0.15) is 0 Å². The van der Waals surface area contributed by atoms with Crippen LogP contribution in [0.25, 0.3) is 0 Å². The molecular weight excluding hydrogens is 238 g/mol. The van der Waals surface area contributed by atoms with E-state index in [-0.39, 0.29) is 6.04 Å². The number of fused-ring (bicyclic) bond motifs is 1. The van der Waals surface area contributed by atoms with Gasteiger partial charge in [-0.1, -0.05) is 23.8 Å². The van der Waals surface area contributed by atoms with Crippen LogP contribution >= 0.6 is 0 Å². The molecule has 0 bridgehead atoms. The van der Waals surface area contributed by atoms with Crippen molar-refractivity contribution in [2.45, 2.75) is 19.9 Å². The molecule has 3 rings (SSSR count). The molecule has 0 amide bonds. The lowest BCUT2D eigenvalue weighted by atomic mass is 10.1. The molecule has 19 heavy (non-hydrogen) atoms. The number of hydrogen-bond acceptors (Lipinski definition) is 3. The second-order valence-corrected chi connectivity index (χ2v) is 4.84. The van der Waals surface area contributed by atoms with Gasteiger partial charge < -0.3 is 14.8 Å². The molecule has 0 fully saturated rings. The lowest BCUT2D eigenvalue weighted by molar-refractivity contribution is 0.174. The molecule has 0 aromatic heterocycles. The maximum Gasteiger partial charge on any atom is 0.231 e. The molecule has 0 radical (unpaired) electrons. The van der Waals surface area contributed by atoms with Crippen molar-refractivity contribution >= 4 is 5.69 Å². The average molecular weight is 255 g/mol. The predicted octanol–water partition coefficient (Wildman–Crippen LogP) is 3.90. The van der Waals surface area contributed by atoms with Gasteiger partial charge in [-0.2, -0.15) is 0 Å². The molecule has 3 heteroatoms. The molecule has 0 saturated heterocycles. The van der Waals surface area contributed by atoms with Gasteiger partial charge in [0, 0.05) is 11.7 Å². The normalized spacial score (nSPS) is 14.2. The molecule has 2 aromatic rings. The SMILES string of the molecule is Cc1ccc(NC(C)c2ccc3c(c2)OCO3)cc1. The van der Waals surface area contributed by atoms with Crippen LogP contribution in [0, 0.1) is 6.92 Å². The summed E-state index contributed by atoms with van der Waals surface area (Å²) in [5, 5.41) is 3.48. The lowest BCUT2D eigenvalue weighted by Crippen LogP contribution is -2.06. The third-order valence-electron chi connectivity index (χ3n) is 3.33. The maximum atomic E-state index is 5.41. The van der Waals surface area contributed by atoms with Crippen molar-refractivity contribution in [3.05, 3.63) is 53.6 Å². The summed E-state index contributed by atoms with van der Waals surface area (Å²) in [6.07, 6.45) is 0. The minimum absolute atomic E-state index is 0.220. The topological polar surface area (TPSA) is 30.5 Å². The number of ether oxygens (including phenoxy) is 2. The van der Waals surface area contributed by atoms with Gasteiger partial charge in [0.25, 0.3) is 0 Å². The Morgan fingerprint density at radius 3 is 2.53 bits per heavy atom. The quantitative estimate of drug-likeness (QED) is 0.902. The van der Waals surface area contributed by atoms with Crippen molar-refractivity contribution in [2.24, 2.45) is 0 Å². The zero-order valence-corrected chi connectivity index (χ0v) is 11.1. The van der Waals surface area contributed by atoms with Gasteiger partial charge in [-0.3, -0.25) is 0 Å². The van der Waals surface area contributed by atoms with Gasteiger partial charge in [-0.25, -0.2) is 0 Å². The van der Waals surface area contributed by atoms with Crippen molar-refractivity contribution in [2.75, 3.05) is 12.1 Å². The van der Waals surface area contributed by atoms with Gasteiger partial charge in [-0.15, -0.1) is 0 Å². The second kappa shape index (κ2) is 4.84. The van der Waals surface area contributed by atoms with Crippen LogP contribution in [0.3, 0.4) is 0 Å². The van der Waals surface area contributed by atoms with Crippen LogP contribution in [-0.2, 0) is 0 Å². The molecule has 2 aromatic carbocycles. The van der Waals surface area contributed by atoms with E-state index in [9.17, 15) is 0 Å². The minimum atomic E-state index is 0.220. The van der Waals surface area contributed by atoms with Crippen molar-refractivity contribution in [1.29, 1.82) is 0 Å². The summed E-state index contributed by atoms with van der Waals surface area (Å²) >= 11 is 0. The van der Waals surface area contributed by atoms with Crippen molar-refractivity contribution < 1.29 is 9.47 Å². The Labute approximate surface area is 113 Å². The monoisotopic (exact) mass is 255 g/mol. The Balaban J connectivity index is 1.76. The molecule has 3 nitrogen and oxygen atoms in total. The van der Waals surface area contributed by atoms with Crippen LogP contribution < -0.4 is 14.8 Å². The predicted molar refractivity (Wildman–Crippen MR) is 75.8 cm³/mol. The second-order valence-electron chi connectivity index (χ2n) is 4.84. The number of rotatable bonds is 3. The van der Waals surface area contributed by atoms with Gasteiger partial charge >= 0.3 is 0 Å². The largest absolute Gasteiger partial charge is 0.454 e. The highest BCUT2D eigenvalue weighted by molar-refractivity contribution is 5.49. The Hall–Kier alpha value is -2.16. The van der Waals surface area contributed by atoms with E-state index in [0.29, 0.717) is 6.79 Å². The van der Waals surface area contributed by atoms with E-state index in [2.05, 4.69) is 49.5 Å². The number of nitrogens with one attached hydrogen (secondary N) is 1. The third kappa shape index (κ3) is 2.50. The highest BCUT2D eigenvalue weighted by Crippen LogP contribution is 2.34. The van der Waals surface area contributed by atoms with Crippen LogP contribution in [-0.4, -0.2) is 6.79 Å². The first-order chi connectivity index (χ1) is 9.22. The summed E-state index contributed by atoms with van der Waals surface area (Å²) in [6.45, 7) is 4.54. The molecule has 1 aliphatic heterocycles. The molecule has 1 unspecified atom stereocenters. The highest BCUT2D eigenvalue weighted by Gasteiger charge is 2.15. The van der Waals surface area contributed by atoms with E-state index in [1.165, 1.54) is 11.1 Å². The first-order valence-corrected chi connectivity index (χ1v) is 6.45. The molecule has 1 N–H and O–H groups in total. The highest BCUT2D eigenvalue weighted by atomic mass is 16.7. The smallest absolute Gasteiger partial charge is 0.231 e. The van der Waals surface area contributed by atoms with E-state index in [1.54, 1.807) is 0 Å². The molecule has 0 saturated carbocycles. The fourth-order valence-corrected chi connectivity index (χ4v) is 2.17. The van der Waals surface area contributed by atoms with Crippen LogP contribution in [0.5, 0.6) is 11.5 Å². The Bertz CT molecular complexity index is 578. The zero-order chi connectivity index (χ0) is 13.2. The summed E-state index contributed by atoms with van der Waals surface area (Å²) in [4.78, 5) is 0. The van der Waals surface area contributed by atoms with Crippen molar-refractivity contribution in [3.63, 3.8) is 0 Å². The lowest BCUT2D eigenvalue weighted by Gasteiger charge is -2.16. The zero-order valence-electron chi connectivity index (χ0n) is 11.1. The van der Waals surface area contributed by atoms with E-state index < -0.39 is 0 Å². The molecule has 1 aliphatic rings. The fourth-order valence-electron chi connectivity index (χ4n) is 2.17. The molecule has 1 atom stereocenters. The number of aryl methyl sites for hydroxylation is 1. The fraction of sp³-hybridized carbons (Fsp3) is 0.250. The Morgan fingerprint density at radius 1 is 1.00 bits per heavy atom. The number of benzene rings is 2. The molecule has 1 heterocycles. The maximum absolute atomic E-state index is 5.41. The van der Waals surface area contributed by atoms with Gasteiger partial charge in [0.2, 0.25) is 6.79 Å². The van der Waals surface area contributed by atoms with Crippen LogP contribution in [0.2, 0.25) is 0 Å². The summed E-state index contributed by atoms with van der Waals surface area (Å²) in [5.41, 5.74) is 3.57. The number of hydrogen-bond donors (Lipinski definition) is 1. The average Bonchev–Trinajstić information content (AvgIpc) is 2.88. The minimum Gasteiger partial charge on any atom is -0.454 e. The standard InChI is InChI=1S/C16H17NO2/c1-11-3-6-14(7-4-11)17-12(2)13-5-8-15-16(9-13)19-10-18-15/h3-9,12,17H,10H2,1-2H3. The van der Waals surface area contributed by atoms with Crippen molar-refractivity contribution in [3.8, 4) is 11.5 Å². The number of anilines is 1. The first kappa shape index (κ1) is 11.9. The molecule has 0 aliphatic carbocycles. The summed E-state index contributed by atoms with van der Waals surface area (Å²) in [5.74, 6) is 1.65. The van der Waals surface area contributed by atoms with Crippen LogP contribution in [0.4, 0.5) is 5.69 Å². The van der Waals surface area contributed by atoms with Crippen molar-refractivity contribution in [1.82, 2.24) is 0 Å². The van der Waals surface area contributed by atoms with Gasteiger partial charge in [0.05, 0.1) is 0 Å². The van der Waals surface area contributed by atoms with E-state index in [4.69, 9.17) is 9.47 Å². The van der Waals surface area contributed by atoms with E-state index in [0.717, 1.165) is 17.2 Å². The molecule has 0 spiro atoms. The Morgan fingerprint density at radius 2 is 1.74 bits per heavy atom. The third-order valence-corrected chi connectivity index (χ3v) is 3.33. The summed E-state index contributed by atoms with van der Waals surface area (Å²) in [6, 6.07) is 14.7. The molecule has 98 valence electrons. The van der Waals surface area contributed by atoms with E-state index in [1.807, 2.05) is 12.1 Å². The first-order valence-electron chi connectivity index (χ1n) is 6.45. The van der Waals surface area contributed by atoms with Crippen LogP contribution in [0.15, 0.2) is 42.5 Å². The Kier molecular flexibility index (Phi) is 3.03.